The van der Waals surface area contributed by atoms with E-state index in [-0.39, 0.29) is 30.3 Å². The summed E-state index contributed by atoms with van der Waals surface area (Å²) in [7, 11) is 0. The number of rotatable bonds is 7. The van der Waals surface area contributed by atoms with Crippen molar-refractivity contribution in [1.29, 1.82) is 0 Å². The first-order valence-electron chi connectivity index (χ1n) is 13.7. The van der Waals surface area contributed by atoms with Crippen LogP contribution < -0.4 is 10.6 Å². The van der Waals surface area contributed by atoms with Crippen molar-refractivity contribution >= 4 is 35.0 Å². The molecule has 3 unspecified atom stereocenters. The number of hydrogen-bond acceptors (Lipinski definition) is 6. The Balaban J connectivity index is 1.08. The van der Waals surface area contributed by atoms with Crippen LogP contribution in [0.15, 0.2) is 18.2 Å². The summed E-state index contributed by atoms with van der Waals surface area (Å²) >= 11 is 12.0. The van der Waals surface area contributed by atoms with E-state index in [1.54, 1.807) is 17.0 Å². The predicted octanol–water partition coefficient (Wildman–Crippen LogP) is 2.58. The Bertz CT molecular complexity index is 952. The number of amides is 2. The van der Waals surface area contributed by atoms with Gasteiger partial charge in [0.15, 0.2) is 0 Å². The lowest BCUT2D eigenvalue weighted by Gasteiger charge is -2.47. The SMILES string of the molecule is O=C(CN1CNC2CCC(N3CCN(CC4CCOCC4)CC3)CC2C1=O)NCc1ccc(Cl)c(Cl)c1. The Morgan fingerprint density at radius 1 is 1.05 bits per heavy atom. The molecule has 1 aromatic carbocycles. The topological polar surface area (TPSA) is 77.2 Å². The highest BCUT2D eigenvalue weighted by Gasteiger charge is 2.42. The Labute approximate surface area is 229 Å². The number of carbonyl (C=O) groups excluding carboxylic acids is 2. The molecule has 204 valence electrons. The van der Waals surface area contributed by atoms with Gasteiger partial charge in [-0.2, -0.15) is 0 Å². The van der Waals surface area contributed by atoms with E-state index in [1.807, 2.05) is 6.07 Å². The van der Waals surface area contributed by atoms with Crippen LogP contribution in [-0.2, 0) is 20.9 Å². The van der Waals surface area contributed by atoms with Gasteiger partial charge in [-0.3, -0.25) is 19.8 Å². The minimum atomic E-state index is -0.173. The predicted molar refractivity (Wildman–Crippen MR) is 144 cm³/mol. The van der Waals surface area contributed by atoms with Crippen molar-refractivity contribution in [3.63, 3.8) is 0 Å². The quantitative estimate of drug-likeness (QED) is 0.542. The molecule has 3 heterocycles. The molecule has 0 spiro atoms. The second-order valence-electron chi connectivity index (χ2n) is 11.0. The van der Waals surface area contributed by atoms with Crippen LogP contribution in [0.3, 0.4) is 0 Å². The molecule has 1 saturated carbocycles. The number of piperazine rings is 1. The number of hydrogen-bond donors (Lipinski definition) is 2. The average Bonchev–Trinajstić information content (AvgIpc) is 2.92. The third-order valence-corrected chi connectivity index (χ3v) is 9.32. The van der Waals surface area contributed by atoms with Gasteiger partial charge in [-0.25, -0.2) is 0 Å². The van der Waals surface area contributed by atoms with Crippen molar-refractivity contribution in [2.24, 2.45) is 11.8 Å². The van der Waals surface area contributed by atoms with Gasteiger partial charge in [-0.1, -0.05) is 29.3 Å². The first kappa shape index (κ1) is 27.2. The molecule has 0 bridgehead atoms. The molecular weight excluding hydrogens is 513 g/mol. The van der Waals surface area contributed by atoms with Crippen molar-refractivity contribution in [3.8, 4) is 0 Å². The number of nitrogens with zero attached hydrogens (tertiary/aromatic N) is 3. The molecule has 5 rings (SSSR count). The lowest BCUT2D eigenvalue weighted by molar-refractivity contribution is -0.146. The fraction of sp³-hybridized carbons (Fsp3) is 0.704. The minimum Gasteiger partial charge on any atom is -0.381 e. The van der Waals surface area contributed by atoms with Crippen LogP contribution in [-0.4, -0.2) is 97.7 Å². The maximum atomic E-state index is 13.4. The third kappa shape index (κ3) is 6.97. The summed E-state index contributed by atoms with van der Waals surface area (Å²) in [6.45, 7) is 8.22. The van der Waals surface area contributed by atoms with Crippen LogP contribution >= 0.6 is 23.2 Å². The molecule has 8 nitrogen and oxygen atoms in total. The van der Waals surface area contributed by atoms with E-state index >= 15 is 0 Å². The molecule has 4 aliphatic rings. The molecular formula is C27H39Cl2N5O3. The normalized spacial score (nSPS) is 28.2. The molecule has 3 saturated heterocycles. The number of nitrogens with one attached hydrogen (secondary N) is 2. The zero-order valence-electron chi connectivity index (χ0n) is 21.5. The summed E-state index contributed by atoms with van der Waals surface area (Å²) in [5, 5.41) is 7.37. The van der Waals surface area contributed by atoms with Gasteiger partial charge >= 0.3 is 0 Å². The number of ether oxygens (including phenoxy) is 1. The van der Waals surface area contributed by atoms with Crippen molar-refractivity contribution in [2.75, 3.05) is 59.2 Å². The second kappa shape index (κ2) is 12.6. The first-order valence-corrected chi connectivity index (χ1v) is 14.5. The van der Waals surface area contributed by atoms with E-state index in [0.717, 1.165) is 70.1 Å². The highest BCUT2D eigenvalue weighted by Crippen LogP contribution is 2.32. The van der Waals surface area contributed by atoms with E-state index in [9.17, 15) is 9.59 Å². The van der Waals surface area contributed by atoms with Crippen LogP contribution in [0.1, 0.15) is 37.7 Å². The highest BCUT2D eigenvalue weighted by atomic mass is 35.5. The fourth-order valence-electron chi connectivity index (χ4n) is 6.36. The molecule has 10 heteroatoms. The second-order valence-corrected chi connectivity index (χ2v) is 11.8. The lowest BCUT2D eigenvalue weighted by atomic mass is 9.79. The fourth-order valence-corrected chi connectivity index (χ4v) is 6.68. The monoisotopic (exact) mass is 551 g/mol. The lowest BCUT2D eigenvalue weighted by Crippen LogP contribution is -2.62. The molecule has 37 heavy (non-hydrogen) atoms. The van der Waals surface area contributed by atoms with E-state index in [0.29, 0.717) is 29.3 Å². The van der Waals surface area contributed by atoms with Crippen LogP contribution in [0.4, 0.5) is 0 Å². The zero-order valence-corrected chi connectivity index (χ0v) is 23.0. The van der Waals surface area contributed by atoms with Gasteiger partial charge in [0, 0.05) is 64.6 Å². The average molecular weight is 553 g/mol. The smallest absolute Gasteiger partial charge is 0.239 e. The largest absolute Gasteiger partial charge is 0.381 e. The summed E-state index contributed by atoms with van der Waals surface area (Å²) in [6.07, 6.45) is 5.39. The Morgan fingerprint density at radius 2 is 1.84 bits per heavy atom. The molecule has 4 fully saturated rings. The summed E-state index contributed by atoms with van der Waals surface area (Å²) in [6, 6.07) is 5.96. The van der Waals surface area contributed by atoms with E-state index < -0.39 is 0 Å². The van der Waals surface area contributed by atoms with Crippen molar-refractivity contribution in [1.82, 2.24) is 25.3 Å². The van der Waals surface area contributed by atoms with Crippen LogP contribution in [0.25, 0.3) is 0 Å². The molecule has 1 aromatic rings. The van der Waals surface area contributed by atoms with Crippen LogP contribution in [0.5, 0.6) is 0 Å². The zero-order chi connectivity index (χ0) is 25.8. The molecule has 2 N–H and O–H groups in total. The standard InChI is InChI=1S/C27H39Cl2N5O3/c28-23-3-1-20(13-24(23)29)15-30-26(35)17-34-18-31-25-4-2-21(14-22(25)27(34)36)33-9-7-32(8-10-33)16-19-5-11-37-12-6-19/h1,3,13,19,21-22,25,31H,2,4-12,14-18H2,(H,30,35). The van der Waals surface area contributed by atoms with E-state index in [1.165, 1.54) is 19.4 Å². The van der Waals surface area contributed by atoms with E-state index in [2.05, 4.69) is 20.4 Å². The van der Waals surface area contributed by atoms with Gasteiger partial charge in [-0.15, -0.1) is 0 Å². The Morgan fingerprint density at radius 3 is 2.59 bits per heavy atom. The number of halogens is 2. The third-order valence-electron chi connectivity index (χ3n) is 8.58. The molecule has 3 atom stereocenters. The van der Waals surface area contributed by atoms with Gasteiger partial charge < -0.3 is 19.9 Å². The van der Waals surface area contributed by atoms with Gasteiger partial charge in [0.2, 0.25) is 11.8 Å². The van der Waals surface area contributed by atoms with Gasteiger partial charge in [0.25, 0.3) is 0 Å². The molecule has 0 aromatic heterocycles. The molecule has 0 radical (unpaired) electrons. The highest BCUT2D eigenvalue weighted by molar-refractivity contribution is 6.42. The maximum Gasteiger partial charge on any atom is 0.239 e. The van der Waals surface area contributed by atoms with Crippen molar-refractivity contribution in [3.05, 3.63) is 33.8 Å². The summed E-state index contributed by atoms with van der Waals surface area (Å²) in [5.74, 6) is 0.647. The molecule has 3 aliphatic heterocycles. The Hall–Kier alpha value is -1.42. The summed E-state index contributed by atoms with van der Waals surface area (Å²) < 4.78 is 5.51. The summed E-state index contributed by atoms with van der Waals surface area (Å²) in [5.41, 5.74) is 0.869. The molecule has 2 amide bonds. The Kier molecular flexibility index (Phi) is 9.27. The minimum absolute atomic E-state index is 0.0596. The number of benzene rings is 1. The number of carbonyl (C=O) groups is 2. The van der Waals surface area contributed by atoms with Gasteiger partial charge in [-0.05, 0) is 55.7 Å². The summed E-state index contributed by atoms with van der Waals surface area (Å²) in [4.78, 5) is 32.9. The van der Waals surface area contributed by atoms with Gasteiger partial charge in [0.1, 0.15) is 6.54 Å². The number of fused-ring (bicyclic) bond motifs is 1. The van der Waals surface area contributed by atoms with Gasteiger partial charge in [0.05, 0.1) is 22.6 Å². The van der Waals surface area contributed by atoms with Crippen LogP contribution in [0.2, 0.25) is 10.0 Å². The van der Waals surface area contributed by atoms with Crippen molar-refractivity contribution in [2.45, 2.75) is 50.7 Å². The van der Waals surface area contributed by atoms with E-state index in [4.69, 9.17) is 27.9 Å². The maximum absolute atomic E-state index is 13.4. The first-order chi connectivity index (χ1) is 18.0. The van der Waals surface area contributed by atoms with Crippen LogP contribution in [0, 0.1) is 11.8 Å². The molecule has 1 aliphatic carbocycles. The van der Waals surface area contributed by atoms with Crippen molar-refractivity contribution < 1.29 is 14.3 Å².